The van der Waals surface area contributed by atoms with Crippen molar-refractivity contribution in [2.45, 2.75) is 39.4 Å². The van der Waals surface area contributed by atoms with Gasteiger partial charge in [0.25, 0.3) is 5.79 Å². The van der Waals surface area contributed by atoms with E-state index in [1.54, 1.807) is 13.8 Å². The minimum Gasteiger partial charge on any atom is -0.337 e. The highest BCUT2D eigenvalue weighted by molar-refractivity contribution is 6.73. The van der Waals surface area contributed by atoms with Crippen LogP contribution in [0, 0.1) is 0 Å². The molecule has 0 aromatic rings. The second kappa shape index (κ2) is 4.40. The van der Waals surface area contributed by atoms with E-state index in [0.717, 1.165) is 0 Å². The Balaban J connectivity index is 3.12. The molecule has 1 saturated heterocycles. The van der Waals surface area contributed by atoms with Crippen molar-refractivity contribution in [3.8, 4) is 0 Å². The molecule has 0 radical (unpaired) electrons. The van der Waals surface area contributed by atoms with Gasteiger partial charge in [0, 0.05) is 0 Å². The van der Waals surface area contributed by atoms with Gasteiger partial charge in [-0.15, -0.1) is 0 Å². The molecule has 8 heteroatoms. The molecule has 0 unspecified atom stereocenters. The first-order valence-corrected chi connectivity index (χ1v) is 6.27. The van der Waals surface area contributed by atoms with Gasteiger partial charge in [0.2, 0.25) is 7.59 Å². The Morgan fingerprint density at radius 3 is 1.20 bits per heavy atom. The maximum atomic E-state index is 5.74. The lowest BCUT2D eigenvalue weighted by molar-refractivity contribution is -0.166. The quantitative estimate of drug-likeness (QED) is 0.616. The van der Waals surface area contributed by atoms with Crippen molar-refractivity contribution in [1.82, 2.24) is 0 Å². The summed E-state index contributed by atoms with van der Waals surface area (Å²) in [6.45, 7) is 3.47. The molecular weight excluding hydrogens is 329 g/mol. The number of hydrogen-bond acceptors (Lipinski definition) is 2. The first-order valence-electron chi connectivity index (χ1n) is 4.00. The number of ether oxygens (including phenoxy) is 2. The summed E-state index contributed by atoms with van der Waals surface area (Å²) in [6, 6.07) is 0. The molecule has 1 aliphatic heterocycles. The zero-order valence-electron chi connectivity index (χ0n) is 7.74. The van der Waals surface area contributed by atoms with E-state index in [1.807, 2.05) is 0 Å². The third-order valence-corrected chi connectivity index (χ3v) is 3.60. The Labute approximate surface area is 118 Å². The average molecular weight is 337 g/mol. The Morgan fingerprint density at radius 2 is 1.07 bits per heavy atom. The number of alkyl halides is 6. The van der Waals surface area contributed by atoms with E-state index in [0.29, 0.717) is 0 Å². The van der Waals surface area contributed by atoms with E-state index >= 15 is 0 Å². The first kappa shape index (κ1) is 14.7. The lowest BCUT2D eigenvalue weighted by Gasteiger charge is -2.39. The minimum absolute atomic E-state index is 0.337. The van der Waals surface area contributed by atoms with Gasteiger partial charge in [-0.3, -0.25) is 0 Å². The largest absolute Gasteiger partial charge is 0.337 e. The highest BCUT2D eigenvalue weighted by Gasteiger charge is 2.68. The summed E-state index contributed by atoms with van der Waals surface area (Å²) in [5.74, 6) is -1.89. The summed E-state index contributed by atoms with van der Waals surface area (Å²) < 4.78 is 6.75. The number of rotatable bonds is 0. The van der Waals surface area contributed by atoms with Gasteiger partial charge in [0.15, 0.2) is 0 Å². The van der Waals surface area contributed by atoms with Crippen LogP contribution in [0.15, 0.2) is 0 Å². The zero-order chi connectivity index (χ0) is 12.1. The van der Waals surface area contributed by atoms with Gasteiger partial charge in [-0.05, 0) is 13.8 Å². The van der Waals surface area contributed by atoms with Gasteiger partial charge < -0.3 is 9.47 Å². The molecule has 15 heavy (non-hydrogen) atoms. The number of halogens is 6. The van der Waals surface area contributed by atoms with Crippen molar-refractivity contribution in [2.75, 3.05) is 0 Å². The Hall–Kier alpha value is 1.66. The molecule has 2 nitrogen and oxygen atoms in total. The van der Waals surface area contributed by atoms with Crippen molar-refractivity contribution in [1.29, 1.82) is 0 Å². The predicted octanol–water partition coefficient (Wildman–Crippen LogP) is 4.25. The summed E-state index contributed by atoms with van der Waals surface area (Å²) in [5, 5.41) is 0. The van der Waals surface area contributed by atoms with Crippen LogP contribution in [-0.2, 0) is 9.47 Å². The van der Waals surface area contributed by atoms with Crippen LogP contribution >= 0.6 is 69.6 Å². The van der Waals surface area contributed by atoms with Gasteiger partial charge >= 0.3 is 0 Å². The van der Waals surface area contributed by atoms with Crippen LogP contribution in [-0.4, -0.2) is 25.6 Å². The van der Waals surface area contributed by atoms with E-state index in [4.69, 9.17) is 79.1 Å². The Kier molecular flexibility index (Phi) is 4.32. The third-order valence-electron chi connectivity index (χ3n) is 2.11. The average Bonchev–Trinajstić information content (AvgIpc) is 2.26. The molecule has 2 atom stereocenters. The van der Waals surface area contributed by atoms with Gasteiger partial charge in [-0.1, -0.05) is 69.6 Å². The Morgan fingerprint density at radius 1 is 0.800 bits per heavy atom. The SMILES string of the molecule is C[C@H]1OC(C(Cl)(Cl)Cl)(C(Cl)(Cl)Cl)O[C@@H]1C. The van der Waals surface area contributed by atoms with E-state index < -0.39 is 13.4 Å². The zero-order valence-corrected chi connectivity index (χ0v) is 12.3. The summed E-state index contributed by atoms with van der Waals surface area (Å²) in [4.78, 5) is 0. The number of hydrogen-bond donors (Lipinski definition) is 0. The van der Waals surface area contributed by atoms with Crippen molar-refractivity contribution >= 4 is 69.6 Å². The van der Waals surface area contributed by atoms with Gasteiger partial charge in [-0.2, -0.15) is 0 Å². The van der Waals surface area contributed by atoms with Crippen LogP contribution in [0.25, 0.3) is 0 Å². The predicted molar refractivity (Wildman–Crippen MR) is 64.4 cm³/mol. The van der Waals surface area contributed by atoms with Crippen LogP contribution < -0.4 is 0 Å². The van der Waals surface area contributed by atoms with Gasteiger partial charge in [0.1, 0.15) is 0 Å². The molecule has 0 saturated carbocycles. The molecule has 0 aromatic carbocycles. The van der Waals surface area contributed by atoms with E-state index in [1.165, 1.54) is 0 Å². The monoisotopic (exact) mass is 334 g/mol. The molecular formula is C7H8Cl6O2. The summed E-state index contributed by atoms with van der Waals surface area (Å²) >= 11 is 34.4. The molecule has 0 amide bonds. The fourth-order valence-corrected chi connectivity index (χ4v) is 2.99. The van der Waals surface area contributed by atoms with E-state index in [9.17, 15) is 0 Å². The smallest absolute Gasteiger partial charge is 0.265 e. The molecule has 90 valence electrons. The fraction of sp³-hybridized carbons (Fsp3) is 1.00. The standard InChI is InChI=1S/C7H8Cl6O2/c1-3-4(2)15-5(14-3,6(8,9)10)7(11,12)13/h3-4H,1-2H3/t3-,4-/m1/s1. The summed E-state index contributed by atoms with van der Waals surface area (Å²) in [6.07, 6.45) is -0.674. The molecule has 0 N–H and O–H groups in total. The normalized spacial score (nSPS) is 32.0. The van der Waals surface area contributed by atoms with Crippen molar-refractivity contribution in [3.63, 3.8) is 0 Å². The molecule has 0 aromatic heterocycles. The van der Waals surface area contributed by atoms with Crippen LogP contribution in [0.1, 0.15) is 13.8 Å². The highest BCUT2D eigenvalue weighted by atomic mass is 35.6. The van der Waals surface area contributed by atoms with Crippen LogP contribution in [0.4, 0.5) is 0 Å². The second-order valence-electron chi connectivity index (χ2n) is 3.26. The highest BCUT2D eigenvalue weighted by Crippen LogP contribution is 2.57. The van der Waals surface area contributed by atoms with E-state index in [2.05, 4.69) is 0 Å². The fourth-order valence-electron chi connectivity index (χ4n) is 1.17. The van der Waals surface area contributed by atoms with Crippen LogP contribution in [0.5, 0.6) is 0 Å². The maximum Gasteiger partial charge on any atom is 0.265 e. The first-order chi connectivity index (χ1) is 6.51. The van der Waals surface area contributed by atoms with E-state index in [-0.39, 0.29) is 12.2 Å². The third kappa shape index (κ3) is 2.58. The molecule has 1 fully saturated rings. The van der Waals surface area contributed by atoms with Crippen molar-refractivity contribution in [3.05, 3.63) is 0 Å². The van der Waals surface area contributed by atoms with Crippen LogP contribution in [0.3, 0.4) is 0 Å². The molecule has 1 rings (SSSR count). The van der Waals surface area contributed by atoms with Crippen molar-refractivity contribution < 1.29 is 9.47 Å². The van der Waals surface area contributed by atoms with Crippen LogP contribution in [0.2, 0.25) is 0 Å². The molecule has 0 spiro atoms. The molecule has 1 heterocycles. The minimum atomic E-state index is -2.00. The maximum absolute atomic E-state index is 5.74. The summed E-state index contributed by atoms with van der Waals surface area (Å²) in [5.41, 5.74) is 0. The Bertz CT molecular complexity index is 219. The lowest BCUT2D eigenvalue weighted by Crippen LogP contribution is -2.55. The molecule has 0 aliphatic carbocycles. The topological polar surface area (TPSA) is 18.5 Å². The molecule has 1 aliphatic rings. The van der Waals surface area contributed by atoms with Crippen molar-refractivity contribution in [2.24, 2.45) is 0 Å². The molecule has 0 bridgehead atoms. The lowest BCUT2D eigenvalue weighted by atomic mass is 10.3. The second-order valence-corrected chi connectivity index (χ2v) is 7.82. The summed E-state index contributed by atoms with van der Waals surface area (Å²) in [7, 11) is 0. The van der Waals surface area contributed by atoms with Gasteiger partial charge in [0.05, 0.1) is 12.2 Å². The van der Waals surface area contributed by atoms with Gasteiger partial charge in [-0.25, -0.2) is 0 Å².